The molecule has 1 aliphatic heterocycles. The number of aliphatic hydroxyl groups is 1. The van der Waals surface area contributed by atoms with Crippen LogP contribution in [0.4, 0.5) is 5.69 Å². The van der Waals surface area contributed by atoms with Gasteiger partial charge >= 0.3 is 0 Å². The number of para-hydroxylation sites is 1. The molecule has 7 heteroatoms. The van der Waals surface area contributed by atoms with Gasteiger partial charge in [0.2, 0.25) is 5.75 Å². The highest BCUT2D eigenvalue weighted by Gasteiger charge is 2.20. The molecule has 0 amide bonds. The Bertz CT molecular complexity index is 753. The first-order valence-electron chi connectivity index (χ1n) is 10.2. The summed E-state index contributed by atoms with van der Waals surface area (Å²) in [4.78, 5) is 4.66. The van der Waals surface area contributed by atoms with Crippen LogP contribution >= 0.6 is 0 Å². The first-order valence-corrected chi connectivity index (χ1v) is 10.2. The van der Waals surface area contributed by atoms with Gasteiger partial charge in [0, 0.05) is 38.4 Å². The van der Waals surface area contributed by atoms with Crippen molar-refractivity contribution in [2.45, 2.75) is 12.7 Å². The largest absolute Gasteiger partial charge is 0.493 e. The zero-order valence-corrected chi connectivity index (χ0v) is 18.0. The first kappa shape index (κ1) is 22.2. The number of hydrogen-bond acceptors (Lipinski definition) is 7. The molecule has 2 aromatic rings. The average molecular weight is 417 g/mol. The smallest absolute Gasteiger partial charge is 0.203 e. The van der Waals surface area contributed by atoms with Crippen molar-refractivity contribution in [2.75, 3.05) is 65.6 Å². The maximum absolute atomic E-state index is 10.4. The second-order valence-corrected chi connectivity index (χ2v) is 7.33. The molecule has 2 aromatic carbocycles. The van der Waals surface area contributed by atoms with E-state index in [1.807, 2.05) is 18.2 Å². The summed E-state index contributed by atoms with van der Waals surface area (Å²) in [6, 6.07) is 14.2. The maximum atomic E-state index is 10.4. The minimum absolute atomic E-state index is 0.273. The Balaban J connectivity index is 1.43. The van der Waals surface area contributed by atoms with Crippen LogP contribution in [-0.2, 0) is 11.3 Å². The Kier molecular flexibility index (Phi) is 8.19. The zero-order valence-electron chi connectivity index (χ0n) is 18.0. The van der Waals surface area contributed by atoms with E-state index >= 15 is 0 Å². The van der Waals surface area contributed by atoms with Gasteiger partial charge in [0.05, 0.1) is 40.6 Å². The van der Waals surface area contributed by atoms with Crippen molar-refractivity contribution < 1.29 is 24.1 Å². The highest BCUT2D eigenvalue weighted by Crippen LogP contribution is 2.38. The fourth-order valence-corrected chi connectivity index (χ4v) is 3.71. The molecule has 1 saturated heterocycles. The van der Waals surface area contributed by atoms with Gasteiger partial charge in [-0.1, -0.05) is 18.2 Å². The Labute approximate surface area is 178 Å². The number of methoxy groups -OCH3 is 3. The number of nitrogens with zero attached hydrogens (tertiary/aromatic N) is 2. The number of ether oxygens (including phenoxy) is 4. The lowest BCUT2D eigenvalue weighted by molar-refractivity contribution is 0.00905. The minimum atomic E-state index is -0.532. The molecule has 0 saturated carbocycles. The topological polar surface area (TPSA) is 63.6 Å². The van der Waals surface area contributed by atoms with Crippen LogP contribution in [0, 0.1) is 0 Å². The van der Waals surface area contributed by atoms with Gasteiger partial charge in [-0.3, -0.25) is 4.90 Å². The monoisotopic (exact) mass is 416 g/mol. The second-order valence-electron chi connectivity index (χ2n) is 7.33. The number of rotatable bonds is 10. The first-order chi connectivity index (χ1) is 14.6. The molecule has 7 nitrogen and oxygen atoms in total. The van der Waals surface area contributed by atoms with E-state index in [1.165, 1.54) is 5.69 Å². The van der Waals surface area contributed by atoms with E-state index in [0.717, 1.165) is 31.7 Å². The van der Waals surface area contributed by atoms with E-state index in [9.17, 15) is 5.11 Å². The number of anilines is 1. The lowest BCUT2D eigenvalue weighted by Gasteiger charge is -2.36. The maximum Gasteiger partial charge on any atom is 0.203 e. The summed E-state index contributed by atoms with van der Waals surface area (Å²) < 4.78 is 21.8. The van der Waals surface area contributed by atoms with Gasteiger partial charge in [-0.25, -0.2) is 0 Å². The van der Waals surface area contributed by atoms with Crippen molar-refractivity contribution >= 4 is 5.69 Å². The van der Waals surface area contributed by atoms with Crippen molar-refractivity contribution in [1.29, 1.82) is 0 Å². The predicted molar refractivity (Wildman–Crippen MR) is 117 cm³/mol. The summed E-state index contributed by atoms with van der Waals surface area (Å²) in [5.41, 5.74) is 2.15. The standard InChI is InChI=1S/C23H32N2O5/c1-27-21-13-18(14-22(28-2)23(21)29-3)16-30-17-20(26)15-24-9-11-25(12-10-24)19-7-5-4-6-8-19/h4-8,13-14,20,26H,9-12,15-17H2,1-3H3. The third kappa shape index (κ3) is 5.78. The van der Waals surface area contributed by atoms with Crippen LogP contribution in [0.25, 0.3) is 0 Å². The third-order valence-corrected chi connectivity index (χ3v) is 5.27. The van der Waals surface area contributed by atoms with Crippen molar-refractivity contribution in [3.8, 4) is 17.2 Å². The van der Waals surface area contributed by atoms with Crippen molar-refractivity contribution in [3.05, 3.63) is 48.0 Å². The molecule has 1 N–H and O–H groups in total. The van der Waals surface area contributed by atoms with Gasteiger partial charge in [0.15, 0.2) is 11.5 Å². The molecule has 3 rings (SSSR count). The predicted octanol–water partition coefficient (Wildman–Crippen LogP) is 2.41. The van der Waals surface area contributed by atoms with E-state index in [1.54, 1.807) is 21.3 Å². The number of aliphatic hydroxyl groups excluding tert-OH is 1. The molecule has 1 aliphatic rings. The fourth-order valence-electron chi connectivity index (χ4n) is 3.71. The number of hydrogen-bond donors (Lipinski definition) is 1. The van der Waals surface area contributed by atoms with E-state index in [0.29, 0.717) is 30.4 Å². The van der Waals surface area contributed by atoms with E-state index in [4.69, 9.17) is 18.9 Å². The number of piperazine rings is 1. The van der Waals surface area contributed by atoms with E-state index < -0.39 is 6.10 Å². The number of benzene rings is 2. The van der Waals surface area contributed by atoms with Crippen molar-refractivity contribution in [3.63, 3.8) is 0 Å². The zero-order chi connectivity index (χ0) is 21.3. The van der Waals surface area contributed by atoms with Gasteiger partial charge in [-0.15, -0.1) is 0 Å². The van der Waals surface area contributed by atoms with Crippen molar-refractivity contribution in [2.24, 2.45) is 0 Å². The van der Waals surface area contributed by atoms with Gasteiger partial charge in [-0.2, -0.15) is 0 Å². The highest BCUT2D eigenvalue weighted by molar-refractivity contribution is 5.53. The molecule has 0 spiro atoms. The Morgan fingerprint density at radius 2 is 1.53 bits per heavy atom. The van der Waals surface area contributed by atoms with Crippen LogP contribution in [0.2, 0.25) is 0 Å². The van der Waals surface area contributed by atoms with Crippen LogP contribution in [0.1, 0.15) is 5.56 Å². The van der Waals surface area contributed by atoms with Crippen molar-refractivity contribution in [1.82, 2.24) is 4.90 Å². The molecule has 1 unspecified atom stereocenters. The minimum Gasteiger partial charge on any atom is -0.493 e. The average Bonchev–Trinajstić information content (AvgIpc) is 2.79. The van der Waals surface area contributed by atoms with Gasteiger partial charge in [0.25, 0.3) is 0 Å². The summed E-state index contributed by atoms with van der Waals surface area (Å²) >= 11 is 0. The third-order valence-electron chi connectivity index (χ3n) is 5.27. The lowest BCUT2D eigenvalue weighted by Crippen LogP contribution is -2.49. The summed E-state index contributed by atoms with van der Waals surface area (Å²) in [6.07, 6.45) is -0.532. The molecular weight excluding hydrogens is 384 g/mol. The second kappa shape index (κ2) is 11.1. The Hall–Kier alpha value is -2.48. The molecule has 0 bridgehead atoms. The van der Waals surface area contributed by atoms with E-state index in [2.05, 4.69) is 34.1 Å². The van der Waals surface area contributed by atoms with Crippen LogP contribution in [0.3, 0.4) is 0 Å². The Morgan fingerprint density at radius 3 is 2.10 bits per heavy atom. The summed E-state index contributed by atoms with van der Waals surface area (Å²) in [5, 5.41) is 10.4. The summed E-state index contributed by atoms with van der Waals surface area (Å²) in [7, 11) is 4.75. The van der Waals surface area contributed by atoms with Crippen LogP contribution in [-0.4, -0.2) is 76.8 Å². The molecule has 0 aliphatic carbocycles. The Morgan fingerprint density at radius 1 is 0.900 bits per heavy atom. The van der Waals surface area contributed by atoms with Crippen LogP contribution < -0.4 is 19.1 Å². The van der Waals surface area contributed by atoms with Gasteiger partial charge in [-0.05, 0) is 29.8 Å². The summed E-state index contributed by atoms with van der Waals surface area (Å²) in [5.74, 6) is 1.73. The molecule has 164 valence electrons. The molecule has 30 heavy (non-hydrogen) atoms. The molecule has 1 heterocycles. The normalized spacial score (nSPS) is 15.7. The fraction of sp³-hybridized carbons (Fsp3) is 0.478. The van der Waals surface area contributed by atoms with Crippen LogP contribution in [0.5, 0.6) is 17.2 Å². The molecule has 1 atom stereocenters. The SMILES string of the molecule is COc1cc(COCC(O)CN2CCN(c3ccccc3)CC2)cc(OC)c1OC. The molecular formula is C23H32N2O5. The van der Waals surface area contributed by atoms with E-state index in [-0.39, 0.29) is 6.61 Å². The highest BCUT2D eigenvalue weighted by atomic mass is 16.5. The van der Waals surface area contributed by atoms with Gasteiger partial charge in [0.1, 0.15) is 0 Å². The summed E-state index contributed by atoms with van der Waals surface area (Å²) in [6.45, 7) is 5.02. The number of β-amino-alcohol motifs (C(OH)–C–C–N with tert-alkyl or cyclic N) is 1. The molecule has 1 fully saturated rings. The van der Waals surface area contributed by atoms with Crippen LogP contribution in [0.15, 0.2) is 42.5 Å². The molecule has 0 aromatic heterocycles. The quantitative estimate of drug-likeness (QED) is 0.638. The molecule has 0 radical (unpaired) electrons. The lowest BCUT2D eigenvalue weighted by atomic mass is 10.2. The van der Waals surface area contributed by atoms with Gasteiger partial charge < -0.3 is 29.0 Å².